The van der Waals surface area contributed by atoms with Gasteiger partial charge in [-0.3, -0.25) is 9.78 Å². The number of aliphatic carboxylic acids is 1. The molecule has 1 heterocycles. The number of carboxylic acids is 1. The van der Waals surface area contributed by atoms with Crippen LogP contribution < -0.4 is 0 Å². The predicted octanol–water partition coefficient (Wildman–Crippen LogP) is 6.74. The lowest BCUT2D eigenvalue weighted by atomic mass is 9.73. The molecule has 0 aliphatic heterocycles. The molecular weight excluding hydrogens is 370 g/mol. The molecule has 0 radical (unpaired) electrons. The maximum absolute atomic E-state index is 11.3. The molecular formula is C27H33NO2. The predicted molar refractivity (Wildman–Crippen MR) is 123 cm³/mol. The maximum Gasteiger partial charge on any atom is 0.303 e. The van der Waals surface area contributed by atoms with Gasteiger partial charge < -0.3 is 5.11 Å². The van der Waals surface area contributed by atoms with Crippen molar-refractivity contribution < 1.29 is 9.90 Å². The second-order valence-corrected chi connectivity index (χ2v) is 8.33. The second-order valence-electron chi connectivity index (χ2n) is 8.33. The number of pyridine rings is 1. The zero-order valence-electron chi connectivity index (χ0n) is 18.0. The molecule has 1 aliphatic carbocycles. The second kappa shape index (κ2) is 10.9. The van der Waals surface area contributed by atoms with Crippen LogP contribution in [0.15, 0.2) is 66.9 Å². The summed E-state index contributed by atoms with van der Waals surface area (Å²) in [5.41, 5.74) is 4.26. The van der Waals surface area contributed by atoms with Gasteiger partial charge >= 0.3 is 5.97 Å². The van der Waals surface area contributed by atoms with Gasteiger partial charge in [-0.25, -0.2) is 0 Å². The van der Waals surface area contributed by atoms with Crippen molar-refractivity contribution in [2.24, 2.45) is 0 Å². The molecule has 0 amide bonds. The van der Waals surface area contributed by atoms with Gasteiger partial charge in [-0.2, -0.15) is 0 Å². The molecule has 30 heavy (non-hydrogen) atoms. The van der Waals surface area contributed by atoms with E-state index in [0.717, 1.165) is 18.5 Å². The number of carboxylic acid groups (broad SMARTS) is 1. The number of aromatic nitrogens is 1. The smallest absolute Gasteiger partial charge is 0.303 e. The summed E-state index contributed by atoms with van der Waals surface area (Å²) in [4.78, 5) is 16.1. The lowest BCUT2D eigenvalue weighted by Gasteiger charge is -2.32. The molecule has 3 nitrogen and oxygen atoms in total. The van der Waals surface area contributed by atoms with E-state index in [4.69, 9.17) is 4.98 Å². The highest BCUT2D eigenvalue weighted by Gasteiger charge is 2.32. The van der Waals surface area contributed by atoms with Crippen LogP contribution in [0.5, 0.6) is 0 Å². The highest BCUT2D eigenvalue weighted by atomic mass is 16.4. The molecule has 1 unspecified atom stereocenters. The van der Waals surface area contributed by atoms with E-state index < -0.39 is 5.97 Å². The largest absolute Gasteiger partial charge is 0.481 e. The number of hydrogen-bond donors (Lipinski definition) is 1. The summed E-state index contributed by atoms with van der Waals surface area (Å²) in [6, 6.07) is 14.6. The van der Waals surface area contributed by atoms with Crippen molar-refractivity contribution in [3.05, 3.63) is 83.7 Å². The number of benzene rings is 1. The molecule has 3 heteroatoms. The average Bonchev–Trinajstić information content (AvgIpc) is 2.79. The van der Waals surface area contributed by atoms with E-state index >= 15 is 0 Å². The Hall–Kier alpha value is -2.68. The van der Waals surface area contributed by atoms with Crippen molar-refractivity contribution in [2.75, 3.05) is 0 Å². The van der Waals surface area contributed by atoms with Crippen LogP contribution in [0.4, 0.5) is 0 Å². The van der Waals surface area contributed by atoms with E-state index in [1.54, 1.807) is 0 Å². The maximum atomic E-state index is 11.3. The third kappa shape index (κ3) is 5.91. The van der Waals surface area contributed by atoms with E-state index in [-0.39, 0.29) is 11.8 Å². The lowest BCUT2D eigenvalue weighted by Crippen LogP contribution is -2.27. The fraction of sp³-hybridized carbons (Fsp3) is 0.407. The van der Waals surface area contributed by atoms with E-state index in [1.165, 1.54) is 48.8 Å². The third-order valence-electron chi connectivity index (χ3n) is 6.06. The summed E-state index contributed by atoms with van der Waals surface area (Å²) in [5.74, 6) is -0.760. The normalized spacial score (nSPS) is 18.2. The number of allylic oxidation sites excluding steroid dienone is 4. The average molecular weight is 404 g/mol. The Kier molecular flexibility index (Phi) is 8.01. The van der Waals surface area contributed by atoms with Crippen molar-refractivity contribution in [1.29, 1.82) is 0 Å². The van der Waals surface area contributed by atoms with Gasteiger partial charge in [0.05, 0.1) is 5.69 Å². The fourth-order valence-corrected chi connectivity index (χ4v) is 4.16. The number of carbonyl (C=O) groups is 1. The van der Waals surface area contributed by atoms with Gasteiger partial charge in [0.25, 0.3) is 0 Å². The quantitative estimate of drug-likeness (QED) is 0.423. The number of nitrogens with zero attached hydrogens (tertiary/aromatic N) is 1. The summed E-state index contributed by atoms with van der Waals surface area (Å²) in [7, 11) is 0. The van der Waals surface area contributed by atoms with Crippen LogP contribution in [0.2, 0.25) is 0 Å². The van der Waals surface area contributed by atoms with E-state index in [1.807, 2.05) is 24.4 Å². The minimum absolute atomic E-state index is 0.139. The Morgan fingerprint density at radius 2 is 1.87 bits per heavy atom. The van der Waals surface area contributed by atoms with E-state index in [0.29, 0.717) is 6.42 Å². The number of aryl methyl sites for hydroxylation is 1. The Morgan fingerprint density at radius 1 is 1.07 bits per heavy atom. The van der Waals surface area contributed by atoms with Crippen LogP contribution in [0.3, 0.4) is 0 Å². The molecule has 0 saturated heterocycles. The summed E-state index contributed by atoms with van der Waals surface area (Å²) >= 11 is 0. The molecule has 0 saturated carbocycles. The molecule has 2 aromatic rings. The molecule has 0 spiro atoms. The highest BCUT2D eigenvalue weighted by molar-refractivity contribution is 5.76. The first-order chi connectivity index (χ1) is 14.6. The van der Waals surface area contributed by atoms with Crippen molar-refractivity contribution >= 4 is 11.5 Å². The standard InChI is InChI=1S/C27H33NO2/c1-2-3-4-5-7-10-22-13-14-25(28-21-22)27(20-17-26(29)30)18-15-24(16-19-27)23-11-8-6-9-12-23/h6,8-9,11-16,18,21H,2-5,7,10,17,19-20H2,1H3,(H,29,30). The van der Waals surface area contributed by atoms with Crippen LogP contribution in [-0.2, 0) is 16.6 Å². The van der Waals surface area contributed by atoms with Gasteiger partial charge in [0.2, 0.25) is 0 Å². The van der Waals surface area contributed by atoms with Gasteiger partial charge in [0, 0.05) is 18.0 Å². The monoisotopic (exact) mass is 403 g/mol. The Balaban J connectivity index is 1.72. The molecule has 0 bridgehead atoms. The Labute approximate surface area is 180 Å². The molecule has 1 aromatic heterocycles. The molecule has 1 atom stereocenters. The van der Waals surface area contributed by atoms with Gasteiger partial charge in [0.1, 0.15) is 0 Å². The lowest BCUT2D eigenvalue weighted by molar-refractivity contribution is -0.137. The zero-order chi connectivity index (χ0) is 21.2. The van der Waals surface area contributed by atoms with Crippen LogP contribution >= 0.6 is 0 Å². The van der Waals surface area contributed by atoms with Gasteiger partial charge in [-0.1, -0.05) is 87.2 Å². The van der Waals surface area contributed by atoms with Crippen LogP contribution in [-0.4, -0.2) is 16.1 Å². The van der Waals surface area contributed by atoms with E-state index in [9.17, 15) is 9.90 Å². The molecule has 158 valence electrons. The molecule has 1 aliphatic rings. The fourth-order valence-electron chi connectivity index (χ4n) is 4.16. The van der Waals surface area contributed by atoms with Gasteiger partial charge in [0.15, 0.2) is 0 Å². The molecule has 1 N–H and O–H groups in total. The summed E-state index contributed by atoms with van der Waals surface area (Å²) < 4.78 is 0. The zero-order valence-corrected chi connectivity index (χ0v) is 18.0. The van der Waals surface area contributed by atoms with Gasteiger partial charge in [-0.05, 0) is 48.4 Å². The molecule has 1 aromatic carbocycles. The summed E-state index contributed by atoms with van der Waals surface area (Å²) in [6.07, 6.45) is 17.4. The first-order valence-electron chi connectivity index (χ1n) is 11.2. The Morgan fingerprint density at radius 3 is 2.50 bits per heavy atom. The number of unbranched alkanes of at least 4 members (excludes halogenated alkanes) is 4. The minimum atomic E-state index is -0.760. The van der Waals surface area contributed by atoms with Gasteiger partial charge in [-0.15, -0.1) is 0 Å². The first-order valence-corrected chi connectivity index (χ1v) is 11.2. The van der Waals surface area contributed by atoms with Crippen LogP contribution in [0.1, 0.15) is 75.1 Å². The molecule has 3 rings (SSSR count). The SMILES string of the molecule is CCCCCCCc1ccc(C2(CCC(=O)O)C=CC(c3ccccc3)=CC2)nc1. The summed E-state index contributed by atoms with van der Waals surface area (Å²) in [6.45, 7) is 2.24. The number of hydrogen-bond acceptors (Lipinski definition) is 2. The van der Waals surface area contributed by atoms with Crippen molar-refractivity contribution in [3.8, 4) is 0 Å². The van der Waals surface area contributed by atoms with Crippen molar-refractivity contribution in [1.82, 2.24) is 4.98 Å². The van der Waals surface area contributed by atoms with Crippen LogP contribution in [0.25, 0.3) is 5.57 Å². The van der Waals surface area contributed by atoms with E-state index in [2.05, 4.69) is 49.4 Å². The van der Waals surface area contributed by atoms with Crippen LogP contribution in [0, 0.1) is 0 Å². The molecule has 0 fully saturated rings. The minimum Gasteiger partial charge on any atom is -0.481 e. The highest BCUT2D eigenvalue weighted by Crippen LogP contribution is 2.39. The topological polar surface area (TPSA) is 50.2 Å². The summed E-state index contributed by atoms with van der Waals surface area (Å²) in [5, 5.41) is 9.28. The van der Waals surface area contributed by atoms with Crippen molar-refractivity contribution in [3.63, 3.8) is 0 Å². The Bertz CT molecular complexity index is 867. The first kappa shape index (κ1) is 22.0. The number of rotatable bonds is 11. The third-order valence-corrected chi connectivity index (χ3v) is 6.06. The van der Waals surface area contributed by atoms with Crippen molar-refractivity contribution in [2.45, 2.75) is 70.1 Å².